The van der Waals surface area contributed by atoms with Gasteiger partial charge in [0.25, 0.3) is 0 Å². The Labute approximate surface area is 124 Å². The summed E-state index contributed by atoms with van der Waals surface area (Å²) in [5.41, 5.74) is 0. The minimum atomic E-state index is 0.630. The quantitative estimate of drug-likeness (QED) is 0.860. The van der Waals surface area contributed by atoms with Crippen LogP contribution in [-0.4, -0.2) is 23.1 Å². The van der Waals surface area contributed by atoms with Gasteiger partial charge in [0.1, 0.15) is 5.82 Å². The molecular formula is C17H31N3. The average molecular weight is 277 g/mol. The summed E-state index contributed by atoms with van der Waals surface area (Å²) in [6, 6.07) is 0. The van der Waals surface area contributed by atoms with Crippen molar-refractivity contribution in [1.82, 2.24) is 14.9 Å². The van der Waals surface area contributed by atoms with Crippen LogP contribution in [0.2, 0.25) is 0 Å². The van der Waals surface area contributed by atoms with E-state index in [0.29, 0.717) is 5.92 Å². The van der Waals surface area contributed by atoms with Gasteiger partial charge in [-0.3, -0.25) is 0 Å². The third-order valence-corrected chi connectivity index (χ3v) is 4.99. The third kappa shape index (κ3) is 3.43. The highest BCUT2D eigenvalue weighted by molar-refractivity contribution is 5.06. The lowest BCUT2D eigenvalue weighted by molar-refractivity contribution is 0.184. The predicted octanol–water partition coefficient (Wildman–Crippen LogP) is 3.67. The molecule has 114 valence electrons. The van der Waals surface area contributed by atoms with E-state index in [9.17, 15) is 0 Å². The van der Waals surface area contributed by atoms with Gasteiger partial charge in [0.2, 0.25) is 0 Å². The van der Waals surface area contributed by atoms with Crippen molar-refractivity contribution in [2.75, 3.05) is 13.6 Å². The van der Waals surface area contributed by atoms with Gasteiger partial charge < -0.3 is 9.88 Å². The van der Waals surface area contributed by atoms with Gasteiger partial charge in [0.15, 0.2) is 0 Å². The van der Waals surface area contributed by atoms with Crippen molar-refractivity contribution >= 4 is 0 Å². The van der Waals surface area contributed by atoms with Crippen LogP contribution in [0.1, 0.15) is 58.2 Å². The first-order chi connectivity index (χ1) is 9.67. The number of hydrogen-bond acceptors (Lipinski definition) is 2. The Hall–Kier alpha value is -0.830. The molecular weight excluding hydrogens is 246 g/mol. The molecule has 1 aromatic rings. The summed E-state index contributed by atoms with van der Waals surface area (Å²) in [5.74, 6) is 4.36. The van der Waals surface area contributed by atoms with Gasteiger partial charge in [0.05, 0.1) is 0 Å². The molecule has 0 bridgehead atoms. The standard InChI is InChI=1S/C17H31N3/c1-5-9-20-10-8-19-17(20)16-11-14(13(2)3)6-7-15(16)12-18-4/h8,10,13-16,18H,5-7,9,11-12H2,1-4H3. The van der Waals surface area contributed by atoms with Crippen LogP contribution < -0.4 is 5.32 Å². The second-order valence-corrected chi connectivity index (χ2v) is 6.72. The molecule has 0 aliphatic heterocycles. The largest absolute Gasteiger partial charge is 0.335 e. The van der Waals surface area contributed by atoms with Crippen LogP contribution in [0.3, 0.4) is 0 Å². The number of rotatable bonds is 6. The molecule has 0 spiro atoms. The number of imidazole rings is 1. The van der Waals surface area contributed by atoms with Crippen molar-refractivity contribution in [3.05, 3.63) is 18.2 Å². The van der Waals surface area contributed by atoms with Crippen molar-refractivity contribution in [3.8, 4) is 0 Å². The first-order valence-corrected chi connectivity index (χ1v) is 8.33. The first-order valence-electron chi connectivity index (χ1n) is 8.33. The van der Waals surface area contributed by atoms with E-state index < -0.39 is 0 Å². The highest BCUT2D eigenvalue weighted by atomic mass is 15.1. The Bertz CT molecular complexity index is 397. The fourth-order valence-corrected chi connectivity index (χ4v) is 3.77. The Morgan fingerprint density at radius 3 is 2.85 bits per heavy atom. The zero-order valence-corrected chi connectivity index (χ0v) is 13.6. The summed E-state index contributed by atoms with van der Waals surface area (Å²) in [5, 5.41) is 3.39. The molecule has 3 atom stereocenters. The minimum absolute atomic E-state index is 0.630. The Kier molecular flexibility index (Phi) is 5.64. The van der Waals surface area contributed by atoms with Crippen molar-refractivity contribution in [2.45, 2.75) is 58.9 Å². The summed E-state index contributed by atoms with van der Waals surface area (Å²) in [6.45, 7) is 9.21. The molecule has 1 aromatic heterocycles. The van der Waals surface area contributed by atoms with Crippen LogP contribution in [0.25, 0.3) is 0 Å². The third-order valence-electron chi connectivity index (χ3n) is 4.99. The molecule has 1 heterocycles. The second kappa shape index (κ2) is 7.26. The van der Waals surface area contributed by atoms with Gasteiger partial charge in [0, 0.05) is 24.9 Å². The SMILES string of the molecule is CCCn1ccnc1C1CC(C(C)C)CCC1CNC. The number of aromatic nitrogens is 2. The summed E-state index contributed by atoms with van der Waals surface area (Å²) in [6.07, 6.45) is 9.36. The predicted molar refractivity (Wildman–Crippen MR) is 84.9 cm³/mol. The molecule has 0 radical (unpaired) electrons. The number of nitrogens with zero attached hydrogens (tertiary/aromatic N) is 2. The zero-order valence-electron chi connectivity index (χ0n) is 13.6. The number of hydrogen-bond donors (Lipinski definition) is 1. The molecule has 0 amide bonds. The smallest absolute Gasteiger partial charge is 0.112 e. The maximum Gasteiger partial charge on any atom is 0.112 e. The lowest BCUT2D eigenvalue weighted by Crippen LogP contribution is -2.33. The van der Waals surface area contributed by atoms with Gasteiger partial charge in [-0.15, -0.1) is 0 Å². The fraction of sp³-hybridized carbons (Fsp3) is 0.824. The molecule has 3 heteroatoms. The molecule has 0 saturated heterocycles. The van der Waals surface area contributed by atoms with E-state index in [0.717, 1.165) is 30.8 Å². The van der Waals surface area contributed by atoms with Crippen molar-refractivity contribution in [2.24, 2.45) is 17.8 Å². The number of aryl methyl sites for hydroxylation is 1. The minimum Gasteiger partial charge on any atom is -0.335 e. The highest BCUT2D eigenvalue weighted by Gasteiger charge is 2.34. The Morgan fingerprint density at radius 1 is 1.40 bits per heavy atom. The number of nitrogens with one attached hydrogen (secondary N) is 1. The summed E-state index contributed by atoms with van der Waals surface area (Å²) >= 11 is 0. The molecule has 2 rings (SSSR count). The lowest BCUT2D eigenvalue weighted by atomic mass is 9.70. The van der Waals surface area contributed by atoms with Gasteiger partial charge in [-0.25, -0.2) is 4.98 Å². The molecule has 1 aliphatic rings. The van der Waals surface area contributed by atoms with E-state index in [1.165, 1.54) is 31.5 Å². The van der Waals surface area contributed by atoms with E-state index in [4.69, 9.17) is 4.98 Å². The molecule has 1 N–H and O–H groups in total. The van der Waals surface area contributed by atoms with Crippen LogP contribution >= 0.6 is 0 Å². The monoisotopic (exact) mass is 277 g/mol. The highest BCUT2D eigenvalue weighted by Crippen LogP contribution is 2.42. The van der Waals surface area contributed by atoms with Crippen LogP contribution in [0.15, 0.2) is 12.4 Å². The van der Waals surface area contributed by atoms with E-state index >= 15 is 0 Å². The van der Waals surface area contributed by atoms with E-state index in [2.05, 4.69) is 43.9 Å². The summed E-state index contributed by atoms with van der Waals surface area (Å²) in [7, 11) is 2.07. The van der Waals surface area contributed by atoms with Crippen molar-refractivity contribution < 1.29 is 0 Å². The van der Waals surface area contributed by atoms with Crippen LogP contribution in [0.5, 0.6) is 0 Å². The molecule has 1 aliphatic carbocycles. The second-order valence-electron chi connectivity index (χ2n) is 6.72. The molecule has 20 heavy (non-hydrogen) atoms. The van der Waals surface area contributed by atoms with Crippen LogP contribution in [-0.2, 0) is 6.54 Å². The topological polar surface area (TPSA) is 29.9 Å². The molecule has 3 nitrogen and oxygen atoms in total. The Morgan fingerprint density at radius 2 is 2.20 bits per heavy atom. The Balaban J connectivity index is 2.19. The molecule has 1 saturated carbocycles. The summed E-state index contributed by atoms with van der Waals surface area (Å²) < 4.78 is 2.38. The maximum atomic E-state index is 4.72. The van der Waals surface area contributed by atoms with Gasteiger partial charge >= 0.3 is 0 Å². The van der Waals surface area contributed by atoms with Crippen molar-refractivity contribution in [1.29, 1.82) is 0 Å². The van der Waals surface area contributed by atoms with Gasteiger partial charge in [-0.05, 0) is 57.0 Å². The van der Waals surface area contributed by atoms with E-state index in [1.807, 2.05) is 6.20 Å². The van der Waals surface area contributed by atoms with Crippen LogP contribution in [0, 0.1) is 17.8 Å². The van der Waals surface area contributed by atoms with Gasteiger partial charge in [-0.1, -0.05) is 20.8 Å². The van der Waals surface area contributed by atoms with Gasteiger partial charge in [-0.2, -0.15) is 0 Å². The lowest BCUT2D eigenvalue weighted by Gasteiger charge is -2.37. The van der Waals surface area contributed by atoms with E-state index in [1.54, 1.807) is 0 Å². The molecule has 3 unspecified atom stereocenters. The zero-order chi connectivity index (χ0) is 14.5. The average Bonchev–Trinajstić information content (AvgIpc) is 2.88. The summed E-state index contributed by atoms with van der Waals surface area (Å²) in [4.78, 5) is 4.72. The maximum absolute atomic E-state index is 4.72. The molecule has 0 aromatic carbocycles. The first kappa shape index (κ1) is 15.6. The molecule has 1 fully saturated rings. The fourth-order valence-electron chi connectivity index (χ4n) is 3.77. The normalized spacial score (nSPS) is 27.1. The van der Waals surface area contributed by atoms with E-state index in [-0.39, 0.29) is 0 Å². The van der Waals surface area contributed by atoms with Crippen LogP contribution in [0.4, 0.5) is 0 Å². The van der Waals surface area contributed by atoms with Crippen molar-refractivity contribution in [3.63, 3.8) is 0 Å².